The molecule has 0 fully saturated rings. The minimum absolute atomic E-state index is 0.135. The van der Waals surface area contributed by atoms with E-state index in [0.29, 0.717) is 6.07 Å². The molecule has 1 aromatic carbocycles. The van der Waals surface area contributed by atoms with Crippen LogP contribution < -0.4 is 4.74 Å². The van der Waals surface area contributed by atoms with Gasteiger partial charge in [0.05, 0.1) is 5.56 Å². The van der Waals surface area contributed by atoms with Gasteiger partial charge in [0.2, 0.25) is 0 Å². The minimum atomic E-state index is -4.84. The van der Waals surface area contributed by atoms with Gasteiger partial charge in [-0.3, -0.25) is 0 Å². The fraction of sp³-hybridized carbons (Fsp3) is 0.400. The summed E-state index contributed by atoms with van der Waals surface area (Å²) in [7, 11) is 0. The number of ether oxygens (including phenoxy) is 1. The van der Waals surface area contributed by atoms with E-state index in [4.69, 9.17) is 0 Å². The summed E-state index contributed by atoms with van der Waals surface area (Å²) >= 11 is 2.83. The van der Waals surface area contributed by atoms with E-state index in [1.165, 1.54) is 0 Å². The van der Waals surface area contributed by atoms with E-state index < -0.39 is 36.4 Å². The molecule has 1 rings (SSSR count). The Bertz CT molecular complexity index is 444. The van der Waals surface area contributed by atoms with Gasteiger partial charge in [0, 0.05) is 4.47 Å². The lowest BCUT2D eigenvalue weighted by molar-refractivity contribution is -0.153. The highest BCUT2D eigenvalue weighted by molar-refractivity contribution is 9.10. The molecular formula is C10H6BrF7O. The molecule has 9 heteroatoms. The van der Waals surface area contributed by atoms with Crippen molar-refractivity contribution >= 4 is 15.9 Å². The predicted molar refractivity (Wildman–Crippen MR) is 55.6 cm³/mol. The van der Waals surface area contributed by atoms with Crippen LogP contribution in [0.15, 0.2) is 22.7 Å². The number of benzene rings is 1. The third-order valence-electron chi connectivity index (χ3n) is 1.99. The standard InChI is InChI=1S/C10H6BrF7O/c11-5-1-2-6(10(16,17)18)7(3-5)19-4-9(14,15)8(12)13/h1-3,8H,4H2. The largest absolute Gasteiger partial charge is 0.486 e. The zero-order valence-electron chi connectivity index (χ0n) is 8.95. The fourth-order valence-corrected chi connectivity index (χ4v) is 1.43. The number of hydrogen-bond acceptors (Lipinski definition) is 1. The SMILES string of the molecule is FC(F)C(F)(F)COc1cc(Br)ccc1C(F)(F)F. The first-order chi connectivity index (χ1) is 8.54. The van der Waals surface area contributed by atoms with Crippen LogP contribution >= 0.6 is 15.9 Å². The third kappa shape index (κ3) is 4.26. The molecule has 0 radical (unpaired) electrons. The Morgan fingerprint density at radius 1 is 1.11 bits per heavy atom. The number of halogens is 8. The van der Waals surface area contributed by atoms with Crippen LogP contribution in [-0.4, -0.2) is 19.0 Å². The first kappa shape index (κ1) is 16.1. The van der Waals surface area contributed by atoms with Crippen LogP contribution in [0.1, 0.15) is 5.56 Å². The Morgan fingerprint density at radius 2 is 1.68 bits per heavy atom. The third-order valence-corrected chi connectivity index (χ3v) is 2.48. The van der Waals surface area contributed by atoms with Crippen molar-refractivity contribution in [1.82, 2.24) is 0 Å². The molecule has 1 nitrogen and oxygen atoms in total. The van der Waals surface area contributed by atoms with E-state index in [2.05, 4.69) is 20.7 Å². The highest BCUT2D eigenvalue weighted by Crippen LogP contribution is 2.38. The van der Waals surface area contributed by atoms with Crippen molar-refractivity contribution < 1.29 is 35.5 Å². The summed E-state index contributed by atoms with van der Waals surface area (Å²) in [6, 6.07) is 2.41. The topological polar surface area (TPSA) is 9.23 Å². The van der Waals surface area contributed by atoms with Gasteiger partial charge in [-0.2, -0.15) is 22.0 Å². The predicted octanol–water partition coefficient (Wildman–Crippen LogP) is 4.75. The van der Waals surface area contributed by atoms with Crippen LogP contribution in [-0.2, 0) is 6.18 Å². The summed E-state index contributed by atoms with van der Waals surface area (Å²) in [4.78, 5) is 0. The molecule has 0 aliphatic heterocycles. The van der Waals surface area contributed by atoms with Crippen molar-refractivity contribution in [2.75, 3.05) is 6.61 Å². The van der Waals surface area contributed by atoms with Crippen molar-refractivity contribution in [3.8, 4) is 5.75 Å². The van der Waals surface area contributed by atoms with Crippen LogP contribution in [0, 0.1) is 0 Å². The number of hydrogen-bond donors (Lipinski definition) is 0. The Kier molecular flexibility index (Phi) is 4.70. The Labute approximate surface area is 111 Å². The van der Waals surface area contributed by atoms with Crippen molar-refractivity contribution in [3.05, 3.63) is 28.2 Å². The molecule has 0 spiro atoms. The molecule has 0 aromatic heterocycles. The molecule has 0 aliphatic rings. The molecule has 0 unspecified atom stereocenters. The first-order valence-electron chi connectivity index (χ1n) is 4.69. The lowest BCUT2D eigenvalue weighted by Gasteiger charge is -2.18. The van der Waals surface area contributed by atoms with E-state index in [1.807, 2.05) is 0 Å². The molecule has 0 heterocycles. The summed E-state index contributed by atoms with van der Waals surface area (Å²) < 4.78 is 90.8. The molecule has 0 N–H and O–H groups in total. The van der Waals surface area contributed by atoms with Gasteiger partial charge < -0.3 is 4.74 Å². The molecule has 1 aromatic rings. The van der Waals surface area contributed by atoms with Crippen molar-refractivity contribution in [1.29, 1.82) is 0 Å². The van der Waals surface area contributed by atoms with Crippen LogP contribution in [0.4, 0.5) is 30.7 Å². The zero-order valence-corrected chi connectivity index (χ0v) is 10.5. The summed E-state index contributed by atoms with van der Waals surface area (Å²) in [5, 5.41) is 0. The van der Waals surface area contributed by atoms with Gasteiger partial charge in [-0.1, -0.05) is 15.9 Å². The van der Waals surface area contributed by atoms with E-state index in [0.717, 1.165) is 12.1 Å². The van der Waals surface area contributed by atoms with Gasteiger partial charge >= 0.3 is 18.5 Å². The summed E-state index contributed by atoms with van der Waals surface area (Å²) in [5.74, 6) is -5.47. The summed E-state index contributed by atoms with van der Waals surface area (Å²) in [6.45, 7) is -1.84. The second kappa shape index (κ2) is 5.56. The number of rotatable bonds is 4. The maximum atomic E-state index is 12.6. The van der Waals surface area contributed by atoms with Gasteiger partial charge in [-0.05, 0) is 18.2 Å². The lowest BCUT2D eigenvalue weighted by Crippen LogP contribution is -2.34. The lowest BCUT2D eigenvalue weighted by atomic mass is 10.2. The maximum Gasteiger partial charge on any atom is 0.419 e. The van der Waals surface area contributed by atoms with Crippen LogP contribution in [0.2, 0.25) is 0 Å². The Morgan fingerprint density at radius 3 is 2.16 bits per heavy atom. The molecule has 0 aliphatic carbocycles. The van der Waals surface area contributed by atoms with Crippen LogP contribution in [0.5, 0.6) is 5.75 Å². The molecule has 0 saturated carbocycles. The van der Waals surface area contributed by atoms with Gasteiger partial charge in [0.25, 0.3) is 0 Å². The van der Waals surface area contributed by atoms with Crippen LogP contribution in [0.25, 0.3) is 0 Å². The van der Waals surface area contributed by atoms with Gasteiger partial charge in [0.1, 0.15) is 5.75 Å². The molecular weight excluding hydrogens is 349 g/mol. The van der Waals surface area contributed by atoms with Gasteiger partial charge in [-0.25, -0.2) is 8.78 Å². The van der Waals surface area contributed by atoms with E-state index in [9.17, 15) is 30.7 Å². The monoisotopic (exact) mass is 354 g/mol. The molecule has 0 amide bonds. The Hall–Kier alpha value is -0.990. The number of alkyl halides is 7. The normalized spacial score (nSPS) is 12.9. The zero-order chi connectivity index (χ0) is 14.8. The molecule has 108 valence electrons. The van der Waals surface area contributed by atoms with E-state index in [-0.39, 0.29) is 4.47 Å². The van der Waals surface area contributed by atoms with Gasteiger partial charge in [0.15, 0.2) is 6.61 Å². The fourth-order valence-electron chi connectivity index (χ4n) is 1.09. The molecule has 19 heavy (non-hydrogen) atoms. The second-order valence-corrected chi connectivity index (χ2v) is 4.40. The van der Waals surface area contributed by atoms with E-state index in [1.54, 1.807) is 0 Å². The maximum absolute atomic E-state index is 12.6. The average Bonchev–Trinajstić information content (AvgIpc) is 2.24. The van der Waals surface area contributed by atoms with Crippen molar-refractivity contribution in [3.63, 3.8) is 0 Å². The minimum Gasteiger partial charge on any atom is -0.486 e. The van der Waals surface area contributed by atoms with E-state index >= 15 is 0 Å². The van der Waals surface area contributed by atoms with Crippen LogP contribution in [0.3, 0.4) is 0 Å². The Balaban J connectivity index is 2.98. The molecule has 0 atom stereocenters. The quantitative estimate of drug-likeness (QED) is 0.709. The van der Waals surface area contributed by atoms with Crippen molar-refractivity contribution in [2.45, 2.75) is 18.5 Å². The molecule has 0 saturated heterocycles. The van der Waals surface area contributed by atoms with Gasteiger partial charge in [-0.15, -0.1) is 0 Å². The second-order valence-electron chi connectivity index (χ2n) is 3.49. The summed E-state index contributed by atoms with van der Waals surface area (Å²) in [6.07, 6.45) is -8.86. The first-order valence-corrected chi connectivity index (χ1v) is 5.49. The average molecular weight is 355 g/mol. The smallest absolute Gasteiger partial charge is 0.419 e. The van der Waals surface area contributed by atoms with Crippen molar-refractivity contribution in [2.24, 2.45) is 0 Å². The highest BCUT2D eigenvalue weighted by Gasteiger charge is 2.42. The summed E-state index contributed by atoms with van der Waals surface area (Å²) in [5.41, 5.74) is -1.32. The highest BCUT2D eigenvalue weighted by atomic mass is 79.9. The molecule has 0 bridgehead atoms.